The third-order valence-electron chi connectivity index (χ3n) is 2.65. The van der Waals surface area contributed by atoms with Crippen LogP contribution in [0.4, 0.5) is 5.82 Å². The minimum Gasteiger partial charge on any atom is -0.456 e. The minimum atomic E-state index is -0.574. The van der Waals surface area contributed by atoms with Gasteiger partial charge in [0.25, 0.3) is 11.9 Å². The summed E-state index contributed by atoms with van der Waals surface area (Å²) in [5.41, 5.74) is 10.9. The highest BCUT2D eigenvalue weighted by Gasteiger charge is 2.37. The number of imidazole rings is 1. The Labute approximate surface area is 95.8 Å². The van der Waals surface area contributed by atoms with E-state index < -0.39 is 5.91 Å². The molecule has 7 N–H and O–H groups in total. The molecule has 17 heavy (non-hydrogen) atoms. The molecule has 0 saturated carbocycles. The Morgan fingerprint density at radius 1 is 1.65 bits per heavy atom. The Balaban J connectivity index is 0.00000108. The van der Waals surface area contributed by atoms with E-state index in [0.29, 0.717) is 12.4 Å². The number of nitrogens with zero attached hydrogens (tertiary/aromatic N) is 3. The first-order valence-corrected chi connectivity index (χ1v) is 4.77. The van der Waals surface area contributed by atoms with Crippen molar-refractivity contribution in [3.05, 3.63) is 12.0 Å². The number of amidine groups is 1. The van der Waals surface area contributed by atoms with Gasteiger partial charge >= 0.3 is 0 Å². The van der Waals surface area contributed by atoms with E-state index in [9.17, 15) is 4.79 Å². The summed E-state index contributed by atoms with van der Waals surface area (Å²) >= 11 is 0. The van der Waals surface area contributed by atoms with Crippen LogP contribution in [-0.4, -0.2) is 39.6 Å². The topological polar surface area (TPSA) is 152 Å². The maximum atomic E-state index is 11.1. The van der Waals surface area contributed by atoms with Crippen LogP contribution in [0.2, 0.25) is 0 Å². The monoisotopic (exact) mass is 240 g/mol. The van der Waals surface area contributed by atoms with Crippen LogP contribution >= 0.6 is 0 Å². The largest absolute Gasteiger partial charge is 0.456 e. The number of rotatable bonds is 1. The van der Waals surface area contributed by atoms with Crippen LogP contribution in [-0.2, 0) is 4.74 Å². The van der Waals surface area contributed by atoms with Gasteiger partial charge in [0.05, 0.1) is 12.9 Å². The third kappa shape index (κ3) is 1.47. The summed E-state index contributed by atoms with van der Waals surface area (Å²) in [4.78, 5) is 19.2. The molecule has 3 heterocycles. The molecule has 2 aliphatic heterocycles. The molecule has 0 aromatic carbocycles. The number of carbonyl (C=O) groups excluding carboxylic acids is 1. The van der Waals surface area contributed by atoms with E-state index in [1.807, 2.05) is 0 Å². The summed E-state index contributed by atoms with van der Waals surface area (Å²) < 4.78 is 6.99. The second kappa shape index (κ2) is 3.63. The summed E-state index contributed by atoms with van der Waals surface area (Å²) in [6.45, 7) is 0.515. The van der Waals surface area contributed by atoms with E-state index in [1.54, 1.807) is 4.57 Å². The predicted molar refractivity (Wildman–Crippen MR) is 58.4 cm³/mol. The number of hydrogen-bond acceptors (Lipinski definition) is 6. The first-order valence-electron chi connectivity index (χ1n) is 4.77. The van der Waals surface area contributed by atoms with E-state index in [1.165, 1.54) is 6.33 Å². The molecule has 2 atom stereocenters. The number of nitrogens with two attached hydrogens (primary N) is 2. The summed E-state index contributed by atoms with van der Waals surface area (Å²) in [7, 11) is 0. The summed E-state index contributed by atoms with van der Waals surface area (Å²) in [5, 5.41) is 3.03. The van der Waals surface area contributed by atoms with Gasteiger partial charge in [0.2, 0.25) is 0 Å². The molecule has 3 rings (SSSR count). The van der Waals surface area contributed by atoms with Gasteiger partial charge in [-0.25, -0.2) is 9.98 Å². The number of fused-ring (bicyclic) bond motifs is 3. The van der Waals surface area contributed by atoms with Gasteiger partial charge in [0.1, 0.15) is 5.82 Å². The second-order valence-electron chi connectivity index (χ2n) is 3.63. The van der Waals surface area contributed by atoms with E-state index in [-0.39, 0.29) is 29.5 Å². The van der Waals surface area contributed by atoms with Crippen LogP contribution in [0.5, 0.6) is 0 Å². The lowest BCUT2D eigenvalue weighted by Gasteiger charge is -2.26. The number of anilines is 1. The van der Waals surface area contributed by atoms with Crippen molar-refractivity contribution < 1.29 is 15.0 Å². The molecule has 1 aromatic heterocycles. The molecule has 0 unspecified atom stereocenters. The Kier molecular flexibility index (Phi) is 2.39. The Morgan fingerprint density at radius 3 is 3.12 bits per heavy atom. The zero-order chi connectivity index (χ0) is 11.3. The molecular weight excluding hydrogens is 228 g/mol. The van der Waals surface area contributed by atoms with Crippen molar-refractivity contribution in [3.8, 4) is 0 Å². The number of hydrogen-bond donors (Lipinski definition) is 3. The van der Waals surface area contributed by atoms with Gasteiger partial charge in [0.15, 0.2) is 18.0 Å². The van der Waals surface area contributed by atoms with E-state index in [0.717, 1.165) is 0 Å². The molecule has 1 aromatic rings. The highest BCUT2D eigenvalue weighted by atomic mass is 16.5. The van der Waals surface area contributed by atoms with Gasteiger partial charge in [-0.3, -0.25) is 9.36 Å². The number of nitrogens with one attached hydrogen (secondary N) is 1. The van der Waals surface area contributed by atoms with Crippen LogP contribution in [0.3, 0.4) is 0 Å². The van der Waals surface area contributed by atoms with Crippen molar-refractivity contribution in [2.45, 2.75) is 12.3 Å². The highest BCUT2D eigenvalue weighted by molar-refractivity contribution is 5.96. The fourth-order valence-electron chi connectivity index (χ4n) is 1.96. The van der Waals surface area contributed by atoms with Gasteiger partial charge < -0.3 is 27.0 Å². The Morgan fingerprint density at radius 2 is 2.41 bits per heavy atom. The molecular formula is C8H12N6O3. The highest BCUT2D eigenvalue weighted by Crippen LogP contribution is 2.31. The first-order chi connectivity index (χ1) is 7.66. The van der Waals surface area contributed by atoms with E-state index >= 15 is 0 Å². The molecule has 2 aliphatic rings. The zero-order valence-corrected chi connectivity index (χ0v) is 8.75. The van der Waals surface area contributed by atoms with Crippen LogP contribution in [0.25, 0.3) is 0 Å². The summed E-state index contributed by atoms with van der Waals surface area (Å²) in [6, 6.07) is 0.152. The Bertz CT molecular complexity index is 495. The Hall–Kier alpha value is -2.29. The average molecular weight is 240 g/mol. The number of primary amides is 1. The van der Waals surface area contributed by atoms with Gasteiger partial charge in [-0.05, 0) is 0 Å². The second-order valence-corrected chi connectivity index (χ2v) is 3.63. The van der Waals surface area contributed by atoms with Crippen molar-refractivity contribution in [3.63, 3.8) is 0 Å². The van der Waals surface area contributed by atoms with E-state index in [2.05, 4.69) is 15.3 Å². The molecule has 9 heteroatoms. The van der Waals surface area contributed by atoms with Crippen molar-refractivity contribution in [1.29, 1.82) is 0 Å². The normalized spacial score (nSPS) is 24.6. The van der Waals surface area contributed by atoms with Crippen LogP contribution in [0, 0.1) is 0 Å². The molecule has 0 saturated heterocycles. The lowest BCUT2D eigenvalue weighted by molar-refractivity contribution is 0.0996. The summed E-state index contributed by atoms with van der Waals surface area (Å²) in [6.07, 6.45) is 1.07. The molecule has 0 aliphatic carbocycles. The van der Waals surface area contributed by atoms with Crippen molar-refractivity contribution in [2.24, 2.45) is 16.5 Å². The predicted octanol–water partition coefficient (Wildman–Crippen LogP) is -2.21. The van der Waals surface area contributed by atoms with Crippen LogP contribution in [0.15, 0.2) is 11.3 Å². The third-order valence-corrected chi connectivity index (χ3v) is 2.65. The number of aliphatic imine (C=N–C) groups is 1. The zero-order valence-electron chi connectivity index (χ0n) is 8.75. The van der Waals surface area contributed by atoms with Gasteiger partial charge in [-0.15, -0.1) is 0 Å². The quantitative estimate of drug-likeness (QED) is 0.508. The van der Waals surface area contributed by atoms with Gasteiger partial charge in [-0.1, -0.05) is 0 Å². The van der Waals surface area contributed by atoms with Crippen LogP contribution in [0.1, 0.15) is 16.7 Å². The standard InChI is InChI=1S/C8H10N6O2.H2O/c9-5(15)4-7-11-1-3-6(13-8(10)16-3)14(7)2-12-4;/h2-3,6,11H,1H2,(H2,9,15)(H2,10,13);1H2/t3-,6+;/m0./s1. The van der Waals surface area contributed by atoms with Crippen molar-refractivity contribution in [2.75, 3.05) is 11.9 Å². The maximum Gasteiger partial charge on any atom is 0.284 e. The molecule has 9 nitrogen and oxygen atoms in total. The average Bonchev–Trinajstić information content (AvgIpc) is 2.77. The number of ether oxygens (including phenoxy) is 1. The number of carbonyl (C=O) groups is 1. The lowest BCUT2D eigenvalue weighted by Crippen LogP contribution is -2.35. The maximum absolute atomic E-state index is 11.1. The molecule has 0 bridgehead atoms. The molecule has 0 radical (unpaired) electrons. The first kappa shape index (κ1) is 11.2. The molecule has 1 amide bonds. The SMILES string of the molecule is NC(=O)c1ncn2c1NC[C@@H]1OC(N)=N[C@@H]12.O. The van der Waals surface area contributed by atoms with E-state index in [4.69, 9.17) is 16.2 Å². The number of amides is 1. The minimum absolute atomic E-state index is 0. The lowest BCUT2D eigenvalue weighted by atomic mass is 10.2. The van der Waals surface area contributed by atoms with Crippen molar-refractivity contribution in [1.82, 2.24) is 9.55 Å². The fourth-order valence-corrected chi connectivity index (χ4v) is 1.96. The van der Waals surface area contributed by atoms with Crippen molar-refractivity contribution >= 4 is 17.7 Å². The van der Waals surface area contributed by atoms with Gasteiger partial charge in [0, 0.05) is 0 Å². The molecule has 92 valence electrons. The molecule has 0 spiro atoms. The summed E-state index contributed by atoms with van der Waals surface area (Å²) in [5.74, 6) is -0.00799. The smallest absolute Gasteiger partial charge is 0.284 e. The number of aromatic nitrogens is 2. The van der Waals surface area contributed by atoms with Crippen LogP contribution < -0.4 is 16.8 Å². The molecule has 0 fully saturated rings. The van der Waals surface area contributed by atoms with Gasteiger partial charge in [-0.2, -0.15) is 0 Å². The fraction of sp³-hybridized carbons (Fsp3) is 0.375.